The van der Waals surface area contributed by atoms with Crippen LogP contribution in [0.2, 0.25) is 0 Å². The lowest BCUT2D eigenvalue weighted by molar-refractivity contribution is -0.114. The summed E-state index contributed by atoms with van der Waals surface area (Å²) in [5, 5.41) is 39.3. The van der Waals surface area contributed by atoms with E-state index in [9.17, 15) is 40.9 Å². The molecule has 19 heteroatoms. The maximum absolute atomic E-state index is 12.2. The topological polar surface area (TPSA) is 272 Å². The van der Waals surface area contributed by atoms with E-state index < -0.39 is 53.1 Å². The lowest BCUT2D eigenvalue weighted by atomic mass is 10.1. The van der Waals surface area contributed by atoms with Crippen LogP contribution in [-0.4, -0.2) is 56.3 Å². The SMILES string of the molecule is COc1cc(N=Nc2c(S(=O)(=O)O)cc3ccc(N=Nc4ccc(NC(C)=O)cc4S(=O)(=O)O)c(O)c3c2O)c(OC)cc1N. The molecule has 0 bridgehead atoms. The van der Waals surface area contributed by atoms with Crippen molar-refractivity contribution in [2.24, 2.45) is 20.5 Å². The second-order valence-corrected chi connectivity index (χ2v) is 11.9. The number of fused-ring (bicyclic) bond motifs is 1. The van der Waals surface area contributed by atoms with Crippen LogP contribution in [0.25, 0.3) is 10.8 Å². The Morgan fingerprint density at radius 2 is 1.36 bits per heavy atom. The third-order valence-electron chi connectivity index (χ3n) is 6.06. The van der Waals surface area contributed by atoms with Gasteiger partial charge in [-0.05, 0) is 35.7 Å². The van der Waals surface area contributed by atoms with E-state index in [-0.39, 0.29) is 50.7 Å². The lowest BCUT2D eigenvalue weighted by Crippen LogP contribution is -2.07. The van der Waals surface area contributed by atoms with Gasteiger partial charge < -0.3 is 30.7 Å². The quantitative estimate of drug-likeness (QED) is 0.0774. The smallest absolute Gasteiger partial charge is 0.296 e. The van der Waals surface area contributed by atoms with Gasteiger partial charge in [-0.25, -0.2) is 0 Å². The second-order valence-electron chi connectivity index (χ2n) is 9.08. The van der Waals surface area contributed by atoms with Crippen molar-refractivity contribution < 1.29 is 50.4 Å². The number of carbonyl (C=O) groups is 1. The molecule has 7 N–H and O–H groups in total. The van der Waals surface area contributed by atoms with E-state index in [1.165, 1.54) is 45.4 Å². The van der Waals surface area contributed by atoms with Gasteiger partial charge in [-0.15, -0.1) is 20.5 Å². The maximum Gasteiger partial charge on any atom is 0.296 e. The molecule has 0 aliphatic rings. The zero-order valence-corrected chi connectivity index (χ0v) is 25.1. The molecule has 0 fully saturated rings. The fourth-order valence-corrected chi connectivity index (χ4v) is 5.37. The molecule has 0 unspecified atom stereocenters. The number of hydrogen-bond acceptors (Lipinski definition) is 14. The van der Waals surface area contributed by atoms with E-state index in [0.29, 0.717) is 0 Å². The van der Waals surface area contributed by atoms with Crippen molar-refractivity contribution in [3.63, 3.8) is 0 Å². The van der Waals surface area contributed by atoms with Crippen LogP contribution in [0.5, 0.6) is 23.0 Å². The number of hydrogen-bond donors (Lipinski definition) is 6. The van der Waals surface area contributed by atoms with Gasteiger partial charge in [0.05, 0.1) is 25.3 Å². The highest BCUT2D eigenvalue weighted by molar-refractivity contribution is 7.86. The monoisotopic (exact) mass is 660 g/mol. The second kappa shape index (κ2) is 12.3. The Hall–Kier alpha value is -5.37. The summed E-state index contributed by atoms with van der Waals surface area (Å²) < 4.78 is 78.2. The van der Waals surface area contributed by atoms with Crippen LogP contribution in [0.3, 0.4) is 0 Å². The van der Waals surface area contributed by atoms with Crippen molar-refractivity contribution >= 4 is 71.0 Å². The third kappa shape index (κ3) is 6.91. The first-order valence-electron chi connectivity index (χ1n) is 12.3. The highest BCUT2D eigenvalue weighted by Crippen LogP contribution is 2.48. The fraction of sp³-hybridized carbons (Fsp3) is 0.115. The molecule has 0 aromatic heterocycles. The molecule has 0 radical (unpaired) electrons. The number of ether oxygens (including phenoxy) is 2. The van der Waals surface area contributed by atoms with Gasteiger partial charge in [0.2, 0.25) is 5.91 Å². The summed E-state index contributed by atoms with van der Waals surface area (Å²) in [5.74, 6) is -1.90. The van der Waals surface area contributed by atoms with Gasteiger partial charge in [-0.1, -0.05) is 6.07 Å². The number of aromatic hydroxyl groups is 2. The van der Waals surface area contributed by atoms with Gasteiger partial charge in [0.25, 0.3) is 20.2 Å². The Kier molecular flexibility index (Phi) is 8.91. The number of methoxy groups -OCH3 is 2. The van der Waals surface area contributed by atoms with E-state index in [1.54, 1.807) is 0 Å². The number of amides is 1. The molecule has 0 saturated carbocycles. The van der Waals surface area contributed by atoms with E-state index in [0.717, 1.165) is 24.3 Å². The summed E-state index contributed by atoms with van der Waals surface area (Å²) in [7, 11) is -7.21. The predicted molar refractivity (Wildman–Crippen MR) is 160 cm³/mol. The van der Waals surface area contributed by atoms with E-state index in [4.69, 9.17) is 15.2 Å². The molecule has 4 aromatic carbocycles. The average Bonchev–Trinajstić information content (AvgIpc) is 2.95. The Morgan fingerprint density at radius 3 is 1.96 bits per heavy atom. The molecule has 0 aliphatic heterocycles. The van der Waals surface area contributed by atoms with E-state index in [1.807, 2.05) is 0 Å². The average molecular weight is 661 g/mol. The van der Waals surface area contributed by atoms with Crippen molar-refractivity contribution in [3.8, 4) is 23.0 Å². The number of nitrogens with one attached hydrogen (secondary N) is 1. The van der Waals surface area contributed by atoms with Crippen LogP contribution in [0.15, 0.2) is 78.8 Å². The summed E-state index contributed by atoms with van der Waals surface area (Å²) >= 11 is 0. The Balaban J connectivity index is 1.88. The van der Waals surface area contributed by atoms with E-state index in [2.05, 4.69) is 25.8 Å². The van der Waals surface area contributed by atoms with Gasteiger partial charge >= 0.3 is 0 Å². The number of nitrogens with zero attached hydrogens (tertiary/aromatic N) is 4. The summed E-state index contributed by atoms with van der Waals surface area (Å²) in [6, 6.07) is 9.33. The summed E-state index contributed by atoms with van der Waals surface area (Å²) in [6.07, 6.45) is 0. The molecule has 4 aromatic rings. The molecular weight excluding hydrogens is 636 g/mol. The summed E-state index contributed by atoms with van der Waals surface area (Å²) in [4.78, 5) is 9.76. The van der Waals surface area contributed by atoms with Crippen molar-refractivity contribution in [3.05, 3.63) is 48.5 Å². The number of carbonyl (C=O) groups excluding carboxylic acids is 1. The molecular formula is C26H24N6O11S2. The van der Waals surface area contributed by atoms with Crippen LogP contribution in [0.1, 0.15) is 6.92 Å². The highest BCUT2D eigenvalue weighted by Gasteiger charge is 2.25. The molecule has 0 atom stereocenters. The predicted octanol–water partition coefficient (Wildman–Crippen LogP) is 5.13. The van der Waals surface area contributed by atoms with Crippen molar-refractivity contribution in [1.29, 1.82) is 0 Å². The van der Waals surface area contributed by atoms with Gasteiger partial charge in [0, 0.05) is 24.7 Å². The van der Waals surface area contributed by atoms with E-state index >= 15 is 0 Å². The van der Waals surface area contributed by atoms with Crippen LogP contribution in [0.4, 0.5) is 34.1 Å². The first-order chi connectivity index (χ1) is 21.0. The van der Waals surface area contributed by atoms with Crippen LogP contribution < -0.4 is 20.5 Å². The Bertz CT molecular complexity index is 2130. The number of nitrogen functional groups attached to an aromatic ring is 1. The molecule has 0 heterocycles. The van der Waals surface area contributed by atoms with Gasteiger partial charge in [0.15, 0.2) is 11.5 Å². The number of anilines is 2. The molecule has 0 aliphatic carbocycles. The molecule has 17 nitrogen and oxygen atoms in total. The Labute approximate surface area is 255 Å². The fourth-order valence-electron chi connectivity index (χ4n) is 4.06. The minimum Gasteiger partial charge on any atom is -0.505 e. The first-order valence-corrected chi connectivity index (χ1v) is 15.2. The number of phenols is 2. The molecule has 45 heavy (non-hydrogen) atoms. The van der Waals surface area contributed by atoms with Gasteiger partial charge in [0.1, 0.15) is 44.0 Å². The van der Waals surface area contributed by atoms with Gasteiger partial charge in [-0.2, -0.15) is 16.8 Å². The number of phenolic OH excluding ortho intramolecular Hbond substituents is 2. The standard InChI is InChI=1S/C26H24N6O11S2/c1-12(33)28-14-5-7-16(21(9-14)44(36,37)38)29-30-17-6-4-13-8-22(45(39,40)41)24(26(35)23(13)25(17)34)32-31-18-11-19(42-2)15(27)10-20(18)43-3/h4-11,34-35H,27H2,1-3H3,(H,28,33)(H,36,37,38)(H,39,40,41). The van der Waals surface area contributed by atoms with Crippen molar-refractivity contribution in [2.75, 3.05) is 25.3 Å². The number of azo groups is 2. The van der Waals surface area contributed by atoms with Gasteiger partial charge in [-0.3, -0.25) is 13.9 Å². The number of benzene rings is 4. The normalized spacial score (nSPS) is 12.2. The minimum atomic E-state index is -5.01. The lowest BCUT2D eigenvalue weighted by Gasteiger charge is -2.12. The van der Waals surface area contributed by atoms with Crippen LogP contribution in [-0.2, 0) is 25.0 Å². The molecule has 1 amide bonds. The molecule has 0 spiro atoms. The highest BCUT2D eigenvalue weighted by atomic mass is 32.2. The first kappa shape index (κ1) is 32.5. The Morgan fingerprint density at radius 1 is 0.756 bits per heavy atom. The molecule has 0 saturated heterocycles. The maximum atomic E-state index is 12.2. The molecule has 236 valence electrons. The zero-order valence-electron chi connectivity index (χ0n) is 23.4. The number of nitrogens with two attached hydrogens (primary N) is 1. The van der Waals surface area contributed by atoms with Crippen molar-refractivity contribution in [1.82, 2.24) is 0 Å². The third-order valence-corrected chi connectivity index (χ3v) is 7.81. The summed E-state index contributed by atoms with van der Waals surface area (Å²) in [5.41, 5.74) is 4.62. The zero-order chi connectivity index (χ0) is 33.3. The minimum absolute atomic E-state index is 0.00438. The number of rotatable bonds is 9. The largest absolute Gasteiger partial charge is 0.505 e. The van der Waals surface area contributed by atoms with Crippen LogP contribution >= 0.6 is 0 Å². The van der Waals surface area contributed by atoms with Crippen LogP contribution in [0, 0.1) is 0 Å². The molecule has 4 rings (SSSR count). The van der Waals surface area contributed by atoms with Crippen molar-refractivity contribution in [2.45, 2.75) is 16.7 Å². The summed E-state index contributed by atoms with van der Waals surface area (Å²) in [6.45, 7) is 1.19.